The van der Waals surface area contributed by atoms with E-state index in [0.717, 1.165) is 5.69 Å². The molecule has 0 radical (unpaired) electrons. The highest BCUT2D eigenvalue weighted by Crippen LogP contribution is 2.12. The van der Waals surface area contributed by atoms with E-state index in [1.807, 2.05) is 37.3 Å². The van der Waals surface area contributed by atoms with Crippen LogP contribution in [0, 0.1) is 6.92 Å². The summed E-state index contributed by atoms with van der Waals surface area (Å²) in [6.45, 7) is 3.65. The van der Waals surface area contributed by atoms with Gasteiger partial charge in [-0.15, -0.1) is 0 Å². The van der Waals surface area contributed by atoms with Crippen LogP contribution in [0.25, 0.3) is 5.69 Å². The van der Waals surface area contributed by atoms with Gasteiger partial charge in [0.1, 0.15) is 6.04 Å². The summed E-state index contributed by atoms with van der Waals surface area (Å²) in [5.41, 5.74) is 1.78. The van der Waals surface area contributed by atoms with Gasteiger partial charge in [-0.3, -0.25) is 4.79 Å². The Morgan fingerprint density at radius 1 is 1.32 bits per heavy atom. The van der Waals surface area contributed by atoms with E-state index in [1.54, 1.807) is 17.8 Å². The summed E-state index contributed by atoms with van der Waals surface area (Å²) in [4.78, 5) is 23.4. The van der Waals surface area contributed by atoms with Gasteiger partial charge in [-0.2, -0.15) is 5.10 Å². The Kier molecular flexibility index (Phi) is 4.93. The minimum Gasteiger partial charge on any atom is -0.480 e. The molecule has 116 valence electrons. The van der Waals surface area contributed by atoms with Gasteiger partial charge in [0.05, 0.1) is 5.69 Å². The molecule has 1 aromatic carbocycles. The molecule has 0 bridgehead atoms. The van der Waals surface area contributed by atoms with Gasteiger partial charge in [0.15, 0.2) is 5.69 Å². The second kappa shape index (κ2) is 6.89. The van der Waals surface area contributed by atoms with Gasteiger partial charge in [0.2, 0.25) is 0 Å². The van der Waals surface area contributed by atoms with Crippen molar-refractivity contribution in [1.29, 1.82) is 0 Å². The molecule has 0 aliphatic carbocycles. The Morgan fingerprint density at radius 3 is 2.59 bits per heavy atom. The predicted molar refractivity (Wildman–Crippen MR) is 82.1 cm³/mol. The lowest BCUT2D eigenvalue weighted by Crippen LogP contribution is -2.41. The second-order valence-corrected chi connectivity index (χ2v) is 5.09. The van der Waals surface area contributed by atoms with Crippen LogP contribution in [0.5, 0.6) is 0 Å². The average Bonchev–Trinajstić information content (AvgIpc) is 2.89. The van der Waals surface area contributed by atoms with Crippen LogP contribution >= 0.6 is 0 Å². The number of carboxylic acids is 1. The molecule has 22 heavy (non-hydrogen) atoms. The number of nitrogens with zero attached hydrogens (tertiary/aromatic N) is 2. The van der Waals surface area contributed by atoms with Gasteiger partial charge < -0.3 is 10.4 Å². The summed E-state index contributed by atoms with van der Waals surface area (Å²) in [5.74, 6) is -1.50. The van der Waals surface area contributed by atoms with E-state index in [-0.39, 0.29) is 5.69 Å². The molecule has 0 spiro atoms. The van der Waals surface area contributed by atoms with Crippen LogP contribution < -0.4 is 5.32 Å². The predicted octanol–water partition coefficient (Wildman–Crippen LogP) is 2.16. The third-order valence-corrected chi connectivity index (χ3v) is 3.31. The molecular weight excluding hydrogens is 282 g/mol. The van der Waals surface area contributed by atoms with Gasteiger partial charge in [-0.1, -0.05) is 31.5 Å². The lowest BCUT2D eigenvalue weighted by atomic mass is 10.1. The lowest BCUT2D eigenvalue weighted by molar-refractivity contribution is -0.139. The molecule has 1 aromatic heterocycles. The third kappa shape index (κ3) is 3.52. The first-order valence-corrected chi connectivity index (χ1v) is 7.18. The average molecular weight is 301 g/mol. The molecule has 0 aliphatic rings. The normalized spacial score (nSPS) is 11.9. The summed E-state index contributed by atoms with van der Waals surface area (Å²) in [6.07, 6.45) is 2.81. The molecule has 2 rings (SSSR count). The number of hydrogen-bond donors (Lipinski definition) is 2. The maximum atomic E-state index is 12.2. The van der Waals surface area contributed by atoms with Gasteiger partial charge >= 0.3 is 5.97 Å². The Morgan fingerprint density at radius 2 is 2.00 bits per heavy atom. The first-order valence-electron chi connectivity index (χ1n) is 7.18. The molecule has 1 heterocycles. The standard InChI is InChI=1S/C16H19N3O3/c1-3-7-13(16(21)22)17-15(20)14-11(2)10-19(18-14)12-8-5-4-6-9-12/h4-6,8-10,13H,3,7H2,1-2H3,(H,17,20)(H,21,22). The molecule has 1 amide bonds. The SMILES string of the molecule is CCCC(NC(=O)c1nn(-c2ccccc2)cc1C)C(=O)O. The molecule has 2 N–H and O–H groups in total. The van der Waals surface area contributed by atoms with E-state index >= 15 is 0 Å². The van der Waals surface area contributed by atoms with Gasteiger partial charge in [0, 0.05) is 11.8 Å². The van der Waals surface area contributed by atoms with E-state index in [2.05, 4.69) is 10.4 Å². The number of carboxylic acid groups (broad SMARTS) is 1. The third-order valence-electron chi connectivity index (χ3n) is 3.31. The number of nitrogens with one attached hydrogen (secondary N) is 1. The van der Waals surface area contributed by atoms with Crippen molar-refractivity contribution < 1.29 is 14.7 Å². The molecular formula is C16H19N3O3. The number of para-hydroxylation sites is 1. The van der Waals surface area contributed by atoms with Crippen molar-refractivity contribution in [2.45, 2.75) is 32.7 Å². The highest BCUT2D eigenvalue weighted by Gasteiger charge is 2.22. The molecule has 0 saturated carbocycles. The highest BCUT2D eigenvalue weighted by molar-refractivity contribution is 5.96. The van der Waals surface area contributed by atoms with Crippen LogP contribution in [0.1, 0.15) is 35.8 Å². The van der Waals surface area contributed by atoms with Gasteiger partial charge in [0.25, 0.3) is 5.91 Å². The minimum atomic E-state index is -1.03. The van der Waals surface area contributed by atoms with Crippen molar-refractivity contribution in [2.75, 3.05) is 0 Å². The number of aryl methyl sites for hydroxylation is 1. The molecule has 0 aliphatic heterocycles. The van der Waals surface area contributed by atoms with Crippen molar-refractivity contribution in [2.24, 2.45) is 0 Å². The minimum absolute atomic E-state index is 0.242. The smallest absolute Gasteiger partial charge is 0.326 e. The van der Waals surface area contributed by atoms with Crippen molar-refractivity contribution in [3.8, 4) is 5.69 Å². The van der Waals surface area contributed by atoms with Crippen LogP contribution in [-0.2, 0) is 4.79 Å². The Bertz CT molecular complexity index is 665. The molecule has 6 nitrogen and oxygen atoms in total. The number of carbonyl (C=O) groups is 2. The van der Waals surface area contributed by atoms with Crippen LogP contribution in [-0.4, -0.2) is 32.8 Å². The zero-order valence-electron chi connectivity index (χ0n) is 12.6. The van der Waals surface area contributed by atoms with E-state index in [0.29, 0.717) is 18.4 Å². The second-order valence-electron chi connectivity index (χ2n) is 5.09. The molecule has 0 saturated heterocycles. The van der Waals surface area contributed by atoms with Crippen LogP contribution in [0.3, 0.4) is 0 Å². The largest absolute Gasteiger partial charge is 0.480 e. The summed E-state index contributed by atoms with van der Waals surface area (Å²) in [5, 5.41) is 15.9. The summed E-state index contributed by atoms with van der Waals surface area (Å²) in [6, 6.07) is 8.53. The fourth-order valence-corrected chi connectivity index (χ4v) is 2.17. The summed E-state index contributed by atoms with van der Waals surface area (Å²) >= 11 is 0. The number of amides is 1. The van der Waals surface area contributed by atoms with Crippen molar-refractivity contribution in [1.82, 2.24) is 15.1 Å². The molecule has 0 fully saturated rings. The number of aliphatic carboxylic acids is 1. The van der Waals surface area contributed by atoms with E-state index in [1.165, 1.54) is 0 Å². The van der Waals surface area contributed by atoms with E-state index < -0.39 is 17.9 Å². The fraction of sp³-hybridized carbons (Fsp3) is 0.312. The number of rotatable bonds is 6. The zero-order valence-corrected chi connectivity index (χ0v) is 12.6. The Balaban J connectivity index is 2.20. The fourth-order valence-electron chi connectivity index (χ4n) is 2.17. The maximum absolute atomic E-state index is 12.2. The zero-order chi connectivity index (χ0) is 16.1. The quantitative estimate of drug-likeness (QED) is 0.856. The Labute approximate surface area is 128 Å². The highest BCUT2D eigenvalue weighted by atomic mass is 16.4. The topological polar surface area (TPSA) is 84.2 Å². The van der Waals surface area contributed by atoms with E-state index in [4.69, 9.17) is 5.11 Å². The van der Waals surface area contributed by atoms with Gasteiger partial charge in [-0.25, -0.2) is 9.48 Å². The van der Waals surface area contributed by atoms with Crippen molar-refractivity contribution in [3.63, 3.8) is 0 Å². The number of benzene rings is 1. The summed E-state index contributed by atoms with van der Waals surface area (Å²) in [7, 11) is 0. The maximum Gasteiger partial charge on any atom is 0.326 e. The molecule has 2 aromatic rings. The van der Waals surface area contributed by atoms with Crippen LogP contribution in [0.2, 0.25) is 0 Å². The van der Waals surface area contributed by atoms with Crippen molar-refractivity contribution >= 4 is 11.9 Å². The first-order chi connectivity index (χ1) is 10.5. The first kappa shape index (κ1) is 15.8. The number of carbonyl (C=O) groups excluding carboxylic acids is 1. The van der Waals surface area contributed by atoms with E-state index in [9.17, 15) is 9.59 Å². The number of aromatic nitrogens is 2. The van der Waals surface area contributed by atoms with Crippen molar-refractivity contribution in [3.05, 3.63) is 47.8 Å². The number of hydrogen-bond acceptors (Lipinski definition) is 3. The van der Waals surface area contributed by atoms with Gasteiger partial charge in [-0.05, 0) is 25.5 Å². The lowest BCUT2D eigenvalue weighted by Gasteiger charge is -2.12. The monoisotopic (exact) mass is 301 g/mol. The summed E-state index contributed by atoms with van der Waals surface area (Å²) < 4.78 is 1.61. The molecule has 6 heteroatoms. The Hall–Kier alpha value is -2.63. The van der Waals surface area contributed by atoms with Crippen LogP contribution in [0.15, 0.2) is 36.5 Å². The van der Waals surface area contributed by atoms with Crippen LogP contribution in [0.4, 0.5) is 0 Å². The molecule has 1 atom stereocenters. The molecule has 1 unspecified atom stereocenters.